The lowest BCUT2D eigenvalue weighted by Gasteiger charge is -2.31. The highest BCUT2D eigenvalue weighted by molar-refractivity contribution is 7.89. The van der Waals surface area contributed by atoms with E-state index in [4.69, 9.17) is 4.74 Å². The minimum Gasteiger partial charge on any atom is -0.379 e. The van der Waals surface area contributed by atoms with Crippen molar-refractivity contribution in [1.29, 1.82) is 0 Å². The predicted octanol–water partition coefficient (Wildman–Crippen LogP) is 2.18. The topological polar surface area (TPSA) is 96.0 Å². The summed E-state index contributed by atoms with van der Waals surface area (Å²) in [6.07, 6.45) is 3.59. The van der Waals surface area contributed by atoms with E-state index in [-0.39, 0.29) is 35.7 Å². The van der Waals surface area contributed by atoms with Crippen LogP contribution in [0.25, 0.3) is 0 Å². The number of aryl methyl sites for hydroxylation is 2. The van der Waals surface area contributed by atoms with Crippen molar-refractivity contribution in [3.05, 3.63) is 59.2 Å². The first kappa shape index (κ1) is 23.0. The number of sulfonamides is 1. The number of hydrogen-bond donors (Lipinski definition) is 1. The van der Waals surface area contributed by atoms with E-state index in [1.807, 2.05) is 12.1 Å². The molecule has 1 atom stereocenters. The maximum absolute atomic E-state index is 13.0. The minimum atomic E-state index is -3.63. The van der Waals surface area contributed by atoms with Crippen molar-refractivity contribution in [1.82, 2.24) is 9.62 Å². The van der Waals surface area contributed by atoms with Crippen LogP contribution in [0.5, 0.6) is 0 Å². The molecule has 9 heteroatoms. The Balaban J connectivity index is 1.33. The molecule has 1 saturated heterocycles. The highest BCUT2D eigenvalue weighted by atomic mass is 32.2. The highest BCUT2D eigenvalue weighted by Gasteiger charge is 2.31. The molecule has 1 aliphatic carbocycles. The van der Waals surface area contributed by atoms with Gasteiger partial charge in [0.05, 0.1) is 24.2 Å². The van der Waals surface area contributed by atoms with Crippen LogP contribution in [-0.2, 0) is 37.2 Å². The molecule has 3 aliphatic rings. The fourth-order valence-electron chi connectivity index (χ4n) is 5.09. The number of amides is 2. The highest BCUT2D eigenvalue weighted by Crippen LogP contribution is 2.32. The van der Waals surface area contributed by atoms with E-state index < -0.39 is 10.0 Å². The number of ether oxygens (including phenoxy) is 1. The fourth-order valence-corrected chi connectivity index (χ4v) is 6.55. The average molecular weight is 484 g/mol. The van der Waals surface area contributed by atoms with E-state index in [1.165, 1.54) is 20.8 Å². The lowest BCUT2D eigenvalue weighted by atomic mass is 9.88. The van der Waals surface area contributed by atoms with Crippen LogP contribution in [0.4, 0.5) is 5.69 Å². The Morgan fingerprint density at radius 2 is 1.82 bits per heavy atom. The van der Waals surface area contributed by atoms with Crippen molar-refractivity contribution in [2.45, 2.75) is 43.0 Å². The Morgan fingerprint density at radius 3 is 2.65 bits per heavy atom. The van der Waals surface area contributed by atoms with E-state index in [1.54, 1.807) is 12.1 Å². The van der Waals surface area contributed by atoms with Crippen LogP contribution in [-0.4, -0.2) is 57.4 Å². The Kier molecular flexibility index (Phi) is 6.42. The summed E-state index contributed by atoms with van der Waals surface area (Å²) in [6, 6.07) is 12.9. The molecule has 34 heavy (non-hydrogen) atoms. The van der Waals surface area contributed by atoms with E-state index >= 15 is 0 Å². The second-order valence-corrected chi connectivity index (χ2v) is 10.9. The Labute approximate surface area is 199 Å². The van der Waals surface area contributed by atoms with E-state index in [2.05, 4.69) is 17.4 Å². The van der Waals surface area contributed by atoms with Crippen molar-refractivity contribution >= 4 is 27.5 Å². The smallest absolute Gasteiger partial charge is 0.243 e. The van der Waals surface area contributed by atoms with Gasteiger partial charge in [0.25, 0.3) is 0 Å². The quantitative estimate of drug-likeness (QED) is 0.703. The van der Waals surface area contributed by atoms with E-state index in [0.717, 1.165) is 30.4 Å². The Hall–Kier alpha value is -2.75. The van der Waals surface area contributed by atoms with Gasteiger partial charge in [0.1, 0.15) is 6.54 Å². The number of rotatable bonds is 5. The maximum atomic E-state index is 13.0. The van der Waals surface area contributed by atoms with Gasteiger partial charge in [-0.15, -0.1) is 0 Å². The molecular weight excluding hydrogens is 454 g/mol. The molecule has 0 aromatic heterocycles. The van der Waals surface area contributed by atoms with Gasteiger partial charge >= 0.3 is 0 Å². The zero-order valence-electron chi connectivity index (χ0n) is 19.0. The van der Waals surface area contributed by atoms with Crippen LogP contribution < -0.4 is 10.2 Å². The molecule has 2 aromatic carbocycles. The molecule has 0 spiro atoms. The molecule has 1 N–H and O–H groups in total. The standard InChI is InChI=1S/C25H29N3O5S/c29-24(26-22-7-3-5-18-4-1-2-6-21(18)22)17-28-23-10-9-20(16-19(23)8-11-25(28)30)34(31,32)27-12-14-33-15-13-27/h1-2,4,6,9-10,16,22H,3,5,7-8,11-15,17H2,(H,26,29)/t22-/m0/s1. The zero-order chi connectivity index (χ0) is 23.7. The molecule has 2 aliphatic heterocycles. The van der Waals surface area contributed by atoms with Crippen LogP contribution in [0.3, 0.4) is 0 Å². The van der Waals surface area contributed by atoms with Crippen molar-refractivity contribution in [2.24, 2.45) is 0 Å². The van der Waals surface area contributed by atoms with Crippen LogP contribution >= 0.6 is 0 Å². The summed E-state index contributed by atoms with van der Waals surface area (Å²) < 4.78 is 32.8. The molecule has 0 radical (unpaired) electrons. The molecule has 2 aromatic rings. The van der Waals surface area contributed by atoms with Gasteiger partial charge in [-0.05, 0) is 60.6 Å². The van der Waals surface area contributed by atoms with Crippen molar-refractivity contribution in [2.75, 3.05) is 37.7 Å². The van der Waals surface area contributed by atoms with Gasteiger partial charge in [-0.2, -0.15) is 4.31 Å². The van der Waals surface area contributed by atoms with E-state index in [9.17, 15) is 18.0 Å². The number of nitrogens with zero attached hydrogens (tertiary/aromatic N) is 2. The third-order valence-electron chi connectivity index (χ3n) is 6.87. The van der Waals surface area contributed by atoms with Gasteiger partial charge in [0, 0.05) is 25.2 Å². The number of carbonyl (C=O) groups is 2. The summed E-state index contributed by atoms with van der Waals surface area (Å²) in [6.45, 7) is 1.34. The van der Waals surface area contributed by atoms with Crippen molar-refractivity contribution in [3.63, 3.8) is 0 Å². The van der Waals surface area contributed by atoms with Gasteiger partial charge in [0.2, 0.25) is 21.8 Å². The SMILES string of the molecule is O=C(CN1C(=O)CCc2cc(S(=O)(=O)N3CCOCC3)ccc21)N[C@H]1CCCc2ccccc21. The molecule has 0 saturated carbocycles. The number of nitrogens with one attached hydrogen (secondary N) is 1. The zero-order valence-corrected chi connectivity index (χ0v) is 19.9. The number of fused-ring (bicyclic) bond motifs is 2. The number of benzene rings is 2. The minimum absolute atomic E-state index is 0.0575. The van der Waals surface area contributed by atoms with Gasteiger partial charge in [-0.1, -0.05) is 24.3 Å². The van der Waals surface area contributed by atoms with Crippen molar-refractivity contribution < 1.29 is 22.7 Å². The molecule has 8 nitrogen and oxygen atoms in total. The molecule has 0 bridgehead atoms. The lowest BCUT2D eigenvalue weighted by molar-refractivity contribution is -0.124. The van der Waals surface area contributed by atoms with Crippen molar-refractivity contribution in [3.8, 4) is 0 Å². The average Bonchev–Trinajstić information content (AvgIpc) is 2.86. The molecular formula is C25H29N3O5S. The van der Waals surface area contributed by atoms with Gasteiger partial charge < -0.3 is 15.0 Å². The Morgan fingerprint density at radius 1 is 1.03 bits per heavy atom. The largest absolute Gasteiger partial charge is 0.379 e. The lowest BCUT2D eigenvalue weighted by Crippen LogP contribution is -2.44. The maximum Gasteiger partial charge on any atom is 0.243 e. The molecule has 180 valence electrons. The van der Waals surface area contributed by atoms with Gasteiger partial charge in [0.15, 0.2) is 0 Å². The van der Waals surface area contributed by atoms with Gasteiger partial charge in [-0.25, -0.2) is 8.42 Å². The molecule has 2 heterocycles. The number of morpholine rings is 1. The first-order valence-electron chi connectivity index (χ1n) is 11.8. The van der Waals surface area contributed by atoms with Crippen LogP contribution in [0.15, 0.2) is 47.4 Å². The van der Waals surface area contributed by atoms with E-state index in [0.29, 0.717) is 38.4 Å². The summed E-state index contributed by atoms with van der Waals surface area (Å²) in [5.74, 6) is -0.344. The third-order valence-corrected chi connectivity index (χ3v) is 8.76. The molecule has 0 unspecified atom stereocenters. The summed E-state index contributed by atoms with van der Waals surface area (Å²) in [5.41, 5.74) is 3.78. The monoisotopic (exact) mass is 483 g/mol. The predicted molar refractivity (Wildman–Crippen MR) is 127 cm³/mol. The molecule has 5 rings (SSSR count). The first-order valence-corrected chi connectivity index (χ1v) is 13.3. The van der Waals surface area contributed by atoms with Crippen LogP contribution in [0.2, 0.25) is 0 Å². The summed E-state index contributed by atoms with van der Waals surface area (Å²) in [4.78, 5) is 27.4. The number of hydrogen-bond acceptors (Lipinski definition) is 5. The van der Waals surface area contributed by atoms with Crippen LogP contribution in [0, 0.1) is 0 Å². The third kappa shape index (κ3) is 4.47. The summed E-state index contributed by atoms with van der Waals surface area (Å²) >= 11 is 0. The fraction of sp³-hybridized carbons (Fsp3) is 0.440. The molecule has 2 amide bonds. The normalized spacial score (nSPS) is 21.0. The van der Waals surface area contributed by atoms with Crippen LogP contribution in [0.1, 0.15) is 42.0 Å². The van der Waals surface area contributed by atoms with Gasteiger partial charge in [-0.3, -0.25) is 9.59 Å². The number of carbonyl (C=O) groups excluding carboxylic acids is 2. The first-order chi connectivity index (χ1) is 16.4. The second-order valence-electron chi connectivity index (χ2n) is 9.00. The second kappa shape index (κ2) is 9.48. The summed E-state index contributed by atoms with van der Waals surface area (Å²) in [7, 11) is -3.63. The Bertz CT molecular complexity index is 1210. The molecule has 1 fully saturated rings. The summed E-state index contributed by atoms with van der Waals surface area (Å²) in [5, 5.41) is 3.11. The number of anilines is 1.